The van der Waals surface area contributed by atoms with Crippen molar-refractivity contribution in [3.63, 3.8) is 0 Å². The number of carbonyl (C=O) groups is 3. The molecule has 54 heavy (non-hydrogen) atoms. The Morgan fingerprint density at radius 2 is 1.83 bits per heavy atom. The van der Waals surface area contributed by atoms with E-state index in [0.29, 0.717) is 43.1 Å². The molecule has 4 aromatic carbocycles. The van der Waals surface area contributed by atoms with Crippen LogP contribution in [0.4, 0.5) is 10.1 Å². The van der Waals surface area contributed by atoms with Crippen molar-refractivity contribution < 1.29 is 23.5 Å². The molecule has 2 aliphatic rings. The number of aryl methyl sites for hydroxylation is 1. The Morgan fingerprint density at radius 3 is 2.67 bits per heavy atom. The number of hydrogen-bond acceptors (Lipinski definition) is 7. The van der Waals surface area contributed by atoms with Gasteiger partial charge in [0.15, 0.2) is 0 Å². The number of aliphatic imine (C=N–C) groups is 1. The lowest BCUT2D eigenvalue weighted by atomic mass is 9.98. The molecule has 11 nitrogen and oxygen atoms in total. The van der Waals surface area contributed by atoms with Crippen LogP contribution in [0.3, 0.4) is 0 Å². The third-order valence-corrected chi connectivity index (χ3v) is 9.93. The number of fused-ring (bicyclic) bond motifs is 6. The molecule has 7 rings (SSSR count). The smallest absolute Gasteiger partial charge is 0.257 e. The van der Waals surface area contributed by atoms with Gasteiger partial charge in [0.25, 0.3) is 5.91 Å². The Hall–Kier alpha value is -6.01. The lowest BCUT2D eigenvalue weighted by Crippen LogP contribution is -2.48. The van der Waals surface area contributed by atoms with E-state index in [1.807, 2.05) is 72.8 Å². The van der Waals surface area contributed by atoms with Crippen LogP contribution in [0.15, 0.2) is 108 Å². The molecular formula is C41H39ClFN7O4. The first kappa shape index (κ1) is 36.4. The average Bonchev–Trinajstić information content (AvgIpc) is 3.83. The number of nitrogens with two attached hydrogens (primary N) is 1. The summed E-state index contributed by atoms with van der Waals surface area (Å²) in [6.45, 7) is 1.21. The van der Waals surface area contributed by atoms with Crippen LogP contribution in [0.2, 0.25) is 5.02 Å². The lowest BCUT2D eigenvalue weighted by Gasteiger charge is -2.25. The minimum absolute atomic E-state index is 0.0566. The van der Waals surface area contributed by atoms with Gasteiger partial charge >= 0.3 is 0 Å². The third-order valence-electron chi connectivity index (χ3n) is 9.62. The van der Waals surface area contributed by atoms with Crippen molar-refractivity contribution in [1.29, 1.82) is 0 Å². The first-order valence-corrected chi connectivity index (χ1v) is 18.2. The topological polar surface area (TPSA) is 135 Å². The highest BCUT2D eigenvalue weighted by Crippen LogP contribution is 2.32. The van der Waals surface area contributed by atoms with Crippen LogP contribution in [0, 0.1) is 5.82 Å². The minimum atomic E-state index is -0.866. The molecule has 276 valence electrons. The number of likely N-dealkylation sites (tertiary alicyclic amines) is 1. The van der Waals surface area contributed by atoms with E-state index in [-0.39, 0.29) is 48.5 Å². The molecule has 1 aromatic heterocycles. The number of nitrogens with zero attached hydrogens (tertiary/aromatic N) is 5. The average molecular weight is 748 g/mol. The van der Waals surface area contributed by atoms with Gasteiger partial charge in [0.2, 0.25) is 11.8 Å². The van der Waals surface area contributed by atoms with Crippen LogP contribution in [-0.2, 0) is 16.0 Å². The Morgan fingerprint density at radius 1 is 1.00 bits per heavy atom. The molecule has 2 atom stereocenters. The summed E-state index contributed by atoms with van der Waals surface area (Å²) in [4.78, 5) is 49.3. The van der Waals surface area contributed by atoms with Crippen molar-refractivity contribution in [2.75, 3.05) is 38.5 Å². The maximum Gasteiger partial charge on any atom is 0.257 e. The Kier molecular flexibility index (Phi) is 11.0. The summed E-state index contributed by atoms with van der Waals surface area (Å²) in [6, 6.07) is 26.1. The summed E-state index contributed by atoms with van der Waals surface area (Å²) < 4.78 is 21.6. The first-order valence-electron chi connectivity index (χ1n) is 17.8. The number of benzene rings is 4. The molecule has 2 aliphatic heterocycles. The van der Waals surface area contributed by atoms with Crippen molar-refractivity contribution in [3.8, 4) is 22.6 Å². The van der Waals surface area contributed by atoms with Gasteiger partial charge in [0.05, 0.1) is 35.6 Å². The SMILES string of the molecule is Nc1cccc2c1C=NCCN(C(=O)CCc1ccccc1)CCNC(=O)C1CC(CN1C(=O)c1cnn(-c3ccc(F)cc3Cl)c1)Oc1cccc-2c1. The van der Waals surface area contributed by atoms with Crippen molar-refractivity contribution in [3.05, 3.63) is 131 Å². The minimum Gasteiger partial charge on any atom is -0.488 e. The number of nitrogen functional groups attached to an aromatic ring is 1. The van der Waals surface area contributed by atoms with Gasteiger partial charge in [-0.05, 0) is 59.5 Å². The van der Waals surface area contributed by atoms with Crippen molar-refractivity contribution in [2.45, 2.75) is 31.4 Å². The van der Waals surface area contributed by atoms with E-state index in [4.69, 9.17) is 22.1 Å². The van der Waals surface area contributed by atoms with E-state index in [1.165, 1.54) is 40.2 Å². The van der Waals surface area contributed by atoms with E-state index in [2.05, 4.69) is 15.4 Å². The molecule has 0 aliphatic carbocycles. The summed E-state index contributed by atoms with van der Waals surface area (Å²) >= 11 is 6.26. The molecule has 0 saturated carbocycles. The van der Waals surface area contributed by atoms with E-state index in [9.17, 15) is 18.8 Å². The standard InChI is InChI=1S/C41H39ClFN7O4/c42-35-21-30(43)13-14-37(35)50-25-29(23-47-50)41(53)49-26-32-22-38(49)40(52)46-17-19-48(39(51)15-12-27-6-2-1-3-7-27)18-16-45-24-34-33(10-5-11-36(34)44)28-8-4-9-31(20-28)54-32/h1-11,13-14,20-21,23-25,32,38H,12,15-19,22,26,44H2,(H,46,52). The molecule has 1 fully saturated rings. The molecule has 4 bridgehead atoms. The lowest BCUT2D eigenvalue weighted by molar-refractivity contribution is -0.131. The second kappa shape index (κ2) is 16.3. The fourth-order valence-electron chi connectivity index (χ4n) is 6.84. The molecule has 3 amide bonds. The maximum atomic E-state index is 14.1. The Bertz CT molecular complexity index is 2190. The van der Waals surface area contributed by atoms with Crippen molar-refractivity contribution >= 4 is 41.2 Å². The number of amides is 3. The third kappa shape index (κ3) is 8.29. The van der Waals surface area contributed by atoms with Gasteiger partial charge in [-0.25, -0.2) is 9.07 Å². The van der Waals surface area contributed by atoms with Crippen LogP contribution in [-0.4, -0.2) is 88.4 Å². The molecule has 1 saturated heterocycles. The fraction of sp³-hybridized carbons (Fsp3) is 0.244. The van der Waals surface area contributed by atoms with Crippen LogP contribution in [0.1, 0.15) is 34.3 Å². The number of carbonyl (C=O) groups excluding carboxylic acids is 3. The highest BCUT2D eigenvalue weighted by molar-refractivity contribution is 6.32. The number of anilines is 1. The van der Waals surface area contributed by atoms with Gasteiger partial charge < -0.3 is 25.6 Å². The summed E-state index contributed by atoms with van der Waals surface area (Å²) in [5.74, 6) is -0.773. The monoisotopic (exact) mass is 747 g/mol. The van der Waals surface area contributed by atoms with Gasteiger partial charge in [-0.1, -0.05) is 66.2 Å². The molecule has 3 heterocycles. The summed E-state index contributed by atoms with van der Waals surface area (Å²) in [6.07, 6.45) is 5.23. The molecular weight excluding hydrogens is 709 g/mol. The zero-order chi connectivity index (χ0) is 37.6. The number of aromatic nitrogens is 2. The van der Waals surface area contributed by atoms with Gasteiger partial charge in [-0.15, -0.1) is 0 Å². The molecule has 0 radical (unpaired) electrons. The summed E-state index contributed by atoms with van der Waals surface area (Å²) in [7, 11) is 0. The van der Waals surface area contributed by atoms with Gasteiger partial charge in [0, 0.05) is 56.1 Å². The van der Waals surface area contributed by atoms with E-state index in [1.54, 1.807) is 11.1 Å². The van der Waals surface area contributed by atoms with Crippen LogP contribution < -0.4 is 15.8 Å². The van der Waals surface area contributed by atoms with E-state index in [0.717, 1.165) is 22.3 Å². The number of halogens is 2. The first-order chi connectivity index (χ1) is 26.2. The highest BCUT2D eigenvalue weighted by atomic mass is 35.5. The van der Waals surface area contributed by atoms with Crippen molar-refractivity contribution in [1.82, 2.24) is 24.9 Å². The quantitative estimate of drug-likeness (QED) is 0.225. The number of rotatable bonds is 5. The van der Waals surface area contributed by atoms with Gasteiger partial charge in [-0.3, -0.25) is 19.4 Å². The normalized spacial score (nSPS) is 17.6. The molecule has 5 aromatic rings. The van der Waals surface area contributed by atoms with Crippen LogP contribution in [0.5, 0.6) is 5.75 Å². The number of hydrogen-bond donors (Lipinski definition) is 2. The van der Waals surface area contributed by atoms with Crippen LogP contribution in [0.25, 0.3) is 16.8 Å². The zero-order valence-corrected chi connectivity index (χ0v) is 30.2. The Balaban J connectivity index is 1.17. The van der Waals surface area contributed by atoms with Crippen LogP contribution >= 0.6 is 11.6 Å². The Labute approximate surface area is 317 Å². The molecule has 0 spiro atoms. The maximum absolute atomic E-state index is 14.1. The summed E-state index contributed by atoms with van der Waals surface area (Å²) in [5.41, 5.74) is 11.2. The van der Waals surface area contributed by atoms with E-state index < -0.39 is 23.9 Å². The van der Waals surface area contributed by atoms with E-state index >= 15 is 0 Å². The van der Waals surface area contributed by atoms with Crippen molar-refractivity contribution in [2.24, 2.45) is 4.99 Å². The van der Waals surface area contributed by atoms with Gasteiger partial charge in [-0.2, -0.15) is 5.10 Å². The second-order valence-corrected chi connectivity index (χ2v) is 13.7. The summed E-state index contributed by atoms with van der Waals surface area (Å²) in [5, 5.41) is 7.39. The molecule has 2 unspecified atom stereocenters. The largest absolute Gasteiger partial charge is 0.488 e. The number of ether oxygens (including phenoxy) is 1. The predicted octanol–water partition coefficient (Wildman–Crippen LogP) is 5.59. The number of nitrogens with one attached hydrogen (secondary N) is 1. The second-order valence-electron chi connectivity index (χ2n) is 13.2. The zero-order valence-electron chi connectivity index (χ0n) is 29.4. The fourth-order valence-corrected chi connectivity index (χ4v) is 7.10. The van der Waals surface area contributed by atoms with Gasteiger partial charge in [0.1, 0.15) is 23.7 Å². The molecule has 13 heteroatoms. The predicted molar refractivity (Wildman–Crippen MR) is 205 cm³/mol. The molecule has 3 N–H and O–H groups in total. The highest BCUT2D eigenvalue weighted by Gasteiger charge is 2.41.